The molecule has 0 saturated carbocycles. The van der Waals surface area contributed by atoms with Gasteiger partial charge >= 0.3 is 0 Å². The van der Waals surface area contributed by atoms with Crippen molar-refractivity contribution in [1.82, 2.24) is 19.7 Å². The van der Waals surface area contributed by atoms with Crippen LogP contribution in [0.1, 0.15) is 39.1 Å². The van der Waals surface area contributed by atoms with Gasteiger partial charge in [-0.1, -0.05) is 0 Å². The van der Waals surface area contributed by atoms with E-state index in [2.05, 4.69) is 35.8 Å². The van der Waals surface area contributed by atoms with E-state index in [9.17, 15) is 0 Å². The number of aromatic nitrogens is 3. The summed E-state index contributed by atoms with van der Waals surface area (Å²) < 4.78 is 1.95. The van der Waals surface area contributed by atoms with Crippen LogP contribution in [0.25, 0.3) is 0 Å². The molecule has 5 heteroatoms. The van der Waals surface area contributed by atoms with Crippen LogP contribution in [0.3, 0.4) is 0 Å². The van der Waals surface area contributed by atoms with Gasteiger partial charge in [0.2, 0.25) is 0 Å². The van der Waals surface area contributed by atoms with Crippen LogP contribution < -0.4 is 5.73 Å². The molecule has 90 valence electrons. The van der Waals surface area contributed by atoms with Crippen molar-refractivity contribution in [2.75, 3.05) is 6.54 Å². The number of hydrogen-bond donors (Lipinski definition) is 1. The number of hydrogen-bond acceptors (Lipinski definition) is 4. The van der Waals surface area contributed by atoms with Gasteiger partial charge in [-0.3, -0.25) is 4.90 Å². The molecule has 0 aromatic carbocycles. The molecule has 0 bridgehead atoms. The summed E-state index contributed by atoms with van der Waals surface area (Å²) in [5.41, 5.74) is 6.20. The lowest BCUT2D eigenvalue weighted by Gasteiger charge is -2.29. The van der Waals surface area contributed by atoms with E-state index in [1.807, 2.05) is 4.68 Å². The molecule has 2 atom stereocenters. The maximum atomic E-state index is 6.20. The molecule has 1 aliphatic heterocycles. The first-order chi connectivity index (χ1) is 7.65. The van der Waals surface area contributed by atoms with Crippen LogP contribution >= 0.6 is 0 Å². The Morgan fingerprint density at radius 2 is 2.31 bits per heavy atom. The van der Waals surface area contributed by atoms with Gasteiger partial charge in [-0.15, -0.1) is 0 Å². The summed E-state index contributed by atoms with van der Waals surface area (Å²) in [6.07, 6.45) is 2.67. The van der Waals surface area contributed by atoms with E-state index in [4.69, 9.17) is 5.73 Å². The summed E-state index contributed by atoms with van der Waals surface area (Å²) in [4.78, 5) is 6.80. The molecule has 1 fully saturated rings. The Balaban J connectivity index is 2.30. The Hall–Kier alpha value is -0.940. The standard InChI is InChI=1S/C11H21N5/c1-4-16-11(13-7-14-16)10-9(12)5-6-15(10)8(2)3/h7-10H,4-6,12H2,1-3H3. The minimum Gasteiger partial charge on any atom is -0.326 e. The van der Waals surface area contributed by atoms with E-state index in [0.717, 1.165) is 25.3 Å². The molecule has 2 unspecified atom stereocenters. The van der Waals surface area contributed by atoms with Crippen LogP contribution in [0, 0.1) is 0 Å². The Morgan fingerprint density at radius 3 is 2.94 bits per heavy atom. The Kier molecular flexibility index (Phi) is 3.25. The highest BCUT2D eigenvalue weighted by atomic mass is 15.4. The van der Waals surface area contributed by atoms with Crippen LogP contribution in [0.15, 0.2) is 6.33 Å². The minimum absolute atomic E-state index is 0.178. The van der Waals surface area contributed by atoms with E-state index in [0.29, 0.717) is 6.04 Å². The Labute approximate surface area is 96.6 Å². The maximum absolute atomic E-state index is 6.20. The van der Waals surface area contributed by atoms with E-state index in [1.54, 1.807) is 6.33 Å². The number of likely N-dealkylation sites (tertiary alicyclic amines) is 1. The largest absolute Gasteiger partial charge is 0.326 e. The van der Waals surface area contributed by atoms with Crippen LogP contribution in [-0.2, 0) is 6.54 Å². The molecule has 2 heterocycles. The first kappa shape index (κ1) is 11.5. The summed E-state index contributed by atoms with van der Waals surface area (Å²) in [6, 6.07) is 0.903. The minimum atomic E-state index is 0.178. The molecule has 1 aromatic rings. The van der Waals surface area contributed by atoms with Gasteiger partial charge < -0.3 is 5.73 Å². The first-order valence-electron chi connectivity index (χ1n) is 6.04. The lowest BCUT2D eigenvalue weighted by Crippen LogP contribution is -2.37. The van der Waals surface area contributed by atoms with Crippen molar-refractivity contribution in [3.05, 3.63) is 12.2 Å². The average Bonchev–Trinajstić information content (AvgIpc) is 2.82. The van der Waals surface area contributed by atoms with Crippen molar-refractivity contribution >= 4 is 0 Å². The van der Waals surface area contributed by atoms with Gasteiger partial charge in [-0.2, -0.15) is 5.10 Å². The molecule has 16 heavy (non-hydrogen) atoms. The third-order valence-electron chi connectivity index (χ3n) is 3.36. The lowest BCUT2D eigenvalue weighted by atomic mass is 10.1. The van der Waals surface area contributed by atoms with Crippen molar-refractivity contribution in [1.29, 1.82) is 0 Å². The molecule has 1 aliphatic rings. The highest BCUT2D eigenvalue weighted by Crippen LogP contribution is 2.31. The Morgan fingerprint density at radius 1 is 1.56 bits per heavy atom. The fourth-order valence-electron chi connectivity index (χ4n) is 2.51. The van der Waals surface area contributed by atoms with Crippen molar-refractivity contribution in [3.8, 4) is 0 Å². The van der Waals surface area contributed by atoms with Gasteiger partial charge in [0.25, 0.3) is 0 Å². The SMILES string of the molecule is CCn1ncnc1C1C(N)CCN1C(C)C. The van der Waals surface area contributed by atoms with E-state index in [1.165, 1.54) is 0 Å². The van der Waals surface area contributed by atoms with Gasteiger partial charge in [-0.25, -0.2) is 9.67 Å². The number of nitrogens with two attached hydrogens (primary N) is 1. The third kappa shape index (κ3) is 1.85. The molecule has 2 N–H and O–H groups in total. The predicted molar refractivity (Wildman–Crippen MR) is 62.9 cm³/mol. The van der Waals surface area contributed by atoms with Crippen LogP contribution in [0.2, 0.25) is 0 Å². The molecule has 1 aromatic heterocycles. The molecule has 0 radical (unpaired) electrons. The fourth-order valence-corrected chi connectivity index (χ4v) is 2.51. The van der Waals surface area contributed by atoms with Crippen molar-refractivity contribution in [2.24, 2.45) is 5.73 Å². The molecular weight excluding hydrogens is 202 g/mol. The normalized spacial score (nSPS) is 26.8. The summed E-state index contributed by atoms with van der Waals surface area (Å²) in [7, 11) is 0. The number of aryl methyl sites for hydroxylation is 1. The molecule has 1 saturated heterocycles. The zero-order valence-electron chi connectivity index (χ0n) is 10.3. The average molecular weight is 223 g/mol. The van der Waals surface area contributed by atoms with Gasteiger partial charge in [0.1, 0.15) is 12.2 Å². The summed E-state index contributed by atoms with van der Waals surface area (Å²) in [5.74, 6) is 1.02. The van der Waals surface area contributed by atoms with Gasteiger partial charge in [0.05, 0.1) is 6.04 Å². The summed E-state index contributed by atoms with van der Waals surface area (Å²) in [6.45, 7) is 8.40. The zero-order valence-corrected chi connectivity index (χ0v) is 10.3. The van der Waals surface area contributed by atoms with E-state index >= 15 is 0 Å². The Bertz CT molecular complexity index is 346. The third-order valence-corrected chi connectivity index (χ3v) is 3.36. The van der Waals surface area contributed by atoms with Crippen LogP contribution in [0.4, 0.5) is 0 Å². The first-order valence-corrected chi connectivity index (χ1v) is 6.04. The molecular formula is C11H21N5. The van der Waals surface area contributed by atoms with Crippen molar-refractivity contribution in [3.63, 3.8) is 0 Å². The quantitative estimate of drug-likeness (QED) is 0.822. The number of nitrogens with zero attached hydrogens (tertiary/aromatic N) is 4. The zero-order chi connectivity index (χ0) is 11.7. The summed E-state index contributed by atoms with van der Waals surface area (Å²) >= 11 is 0. The van der Waals surface area contributed by atoms with Gasteiger partial charge in [-0.05, 0) is 27.2 Å². The second-order valence-corrected chi connectivity index (χ2v) is 4.66. The highest BCUT2D eigenvalue weighted by molar-refractivity contribution is 5.05. The topological polar surface area (TPSA) is 60.0 Å². The van der Waals surface area contributed by atoms with E-state index in [-0.39, 0.29) is 12.1 Å². The molecule has 2 rings (SSSR count). The van der Waals surface area contributed by atoms with Gasteiger partial charge in [0.15, 0.2) is 0 Å². The molecule has 0 aliphatic carbocycles. The molecule has 0 amide bonds. The maximum Gasteiger partial charge on any atom is 0.145 e. The summed E-state index contributed by atoms with van der Waals surface area (Å²) in [5, 5.41) is 4.23. The monoisotopic (exact) mass is 223 g/mol. The van der Waals surface area contributed by atoms with Crippen LogP contribution in [0.5, 0.6) is 0 Å². The molecule has 0 spiro atoms. The fraction of sp³-hybridized carbons (Fsp3) is 0.818. The molecule has 5 nitrogen and oxygen atoms in total. The lowest BCUT2D eigenvalue weighted by molar-refractivity contribution is 0.186. The second kappa shape index (κ2) is 4.51. The highest BCUT2D eigenvalue weighted by Gasteiger charge is 2.37. The van der Waals surface area contributed by atoms with E-state index < -0.39 is 0 Å². The van der Waals surface area contributed by atoms with Crippen LogP contribution in [-0.4, -0.2) is 38.3 Å². The smallest absolute Gasteiger partial charge is 0.145 e. The van der Waals surface area contributed by atoms with Gasteiger partial charge in [0, 0.05) is 25.2 Å². The predicted octanol–water partition coefficient (Wildman–Crippen LogP) is 0.781. The second-order valence-electron chi connectivity index (χ2n) is 4.66. The number of rotatable bonds is 3. The van der Waals surface area contributed by atoms with Crippen molar-refractivity contribution < 1.29 is 0 Å². The van der Waals surface area contributed by atoms with Crippen molar-refractivity contribution in [2.45, 2.75) is 51.9 Å².